The summed E-state index contributed by atoms with van der Waals surface area (Å²) < 4.78 is 0. The topological polar surface area (TPSA) is 38.8 Å². The first-order valence-electron chi connectivity index (χ1n) is 13.9. The number of hydrogen-bond donors (Lipinski definition) is 1. The predicted octanol–water partition coefficient (Wildman–Crippen LogP) is 7.33. The van der Waals surface area contributed by atoms with E-state index in [0.717, 1.165) is 50.3 Å². The fraction of sp³-hybridized carbons (Fsp3) is 0.424. The van der Waals surface area contributed by atoms with Crippen LogP contribution in [0.15, 0.2) is 109 Å². The molecule has 1 N–H and O–H groups in total. The van der Waals surface area contributed by atoms with Crippen molar-refractivity contribution in [1.82, 2.24) is 20.0 Å². The van der Waals surface area contributed by atoms with Gasteiger partial charge in [0.2, 0.25) is 0 Å². The maximum Gasteiger partial charge on any atom is 0.257 e. The van der Waals surface area contributed by atoms with Crippen molar-refractivity contribution in [2.24, 2.45) is 0 Å². The van der Waals surface area contributed by atoms with Gasteiger partial charge in [0.25, 0.3) is 5.91 Å². The van der Waals surface area contributed by atoms with Gasteiger partial charge < -0.3 is 10.2 Å². The number of halogens is 1. The lowest BCUT2D eigenvalue weighted by Gasteiger charge is -2.36. The molecule has 2 unspecified atom stereocenters. The van der Waals surface area contributed by atoms with Crippen LogP contribution >= 0.6 is 11.6 Å². The van der Waals surface area contributed by atoms with Gasteiger partial charge in [-0.3, -0.25) is 14.6 Å². The third-order valence-corrected chi connectivity index (χ3v) is 6.47. The quantitative estimate of drug-likeness (QED) is 0.228. The summed E-state index contributed by atoms with van der Waals surface area (Å²) in [7, 11) is 2.14. The molecule has 5 nitrogen and oxygen atoms in total. The highest BCUT2D eigenvalue weighted by Crippen LogP contribution is 2.22. The molecule has 0 bridgehead atoms. The SMILES string of the molecule is C=C/C=C(/Cl)C=C.C=C/C=C\C=C\C(C)N(CC)CCCN(C)CCC1=C(C)NC2C=CC=CN2C1=O.CC. The van der Waals surface area contributed by atoms with Crippen LogP contribution in [0.5, 0.6) is 0 Å². The molecule has 0 aromatic heterocycles. The molecular weight excluding hydrogens is 504 g/mol. The summed E-state index contributed by atoms with van der Waals surface area (Å²) in [4.78, 5) is 19.4. The van der Waals surface area contributed by atoms with Crippen molar-refractivity contribution in [3.63, 3.8) is 0 Å². The van der Waals surface area contributed by atoms with Crippen LogP contribution in [-0.2, 0) is 4.79 Å². The van der Waals surface area contributed by atoms with Crippen LogP contribution in [0.25, 0.3) is 0 Å². The molecule has 39 heavy (non-hydrogen) atoms. The van der Waals surface area contributed by atoms with E-state index in [1.54, 1.807) is 29.2 Å². The van der Waals surface area contributed by atoms with Gasteiger partial charge in [-0.15, -0.1) is 0 Å². The van der Waals surface area contributed by atoms with E-state index in [0.29, 0.717) is 11.1 Å². The van der Waals surface area contributed by atoms with Gasteiger partial charge in [0.05, 0.1) is 0 Å². The largest absolute Gasteiger partial charge is 0.365 e. The van der Waals surface area contributed by atoms with Crippen molar-refractivity contribution < 1.29 is 4.79 Å². The van der Waals surface area contributed by atoms with Gasteiger partial charge in [-0.2, -0.15) is 0 Å². The van der Waals surface area contributed by atoms with Crippen LogP contribution in [0.3, 0.4) is 0 Å². The molecule has 216 valence electrons. The smallest absolute Gasteiger partial charge is 0.257 e. The zero-order valence-corrected chi connectivity index (χ0v) is 25.8. The minimum atomic E-state index is -0.0488. The van der Waals surface area contributed by atoms with E-state index in [1.165, 1.54) is 0 Å². The normalized spacial score (nSPS) is 17.5. The minimum absolute atomic E-state index is 0.0488. The van der Waals surface area contributed by atoms with Gasteiger partial charge in [0.15, 0.2) is 0 Å². The van der Waals surface area contributed by atoms with Gasteiger partial charge in [-0.05, 0) is 71.6 Å². The Hall–Kier alpha value is -2.86. The average Bonchev–Trinajstić information content (AvgIpc) is 2.94. The molecule has 0 radical (unpaired) electrons. The lowest BCUT2D eigenvalue weighted by molar-refractivity contribution is -0.127. The number of rotatable bonds is 14. The molecule has 2 aliphatic rings. The lowest BCUT2D eigenvalue weighted by Crippen LogP contribution is -2.50. The Bertz CT molecular complexity index is 941. The molecule has 0 fully saturated rings. The van der Waals surface area contributed by atoms with E-state index in [4.69, 9.17) is 11.6 Å². The van der Waals surface area contributed by atoms with Crippen LogP contribution in [-0.4, -0.2) is 66.0 Å². The Labute approximate surface area is 244 Å². The number of nitrogens with one attached hydrogen (secondary N) is 1. The van der Waals surface area contributed by atoms with Crippen LogP contribution in [0.2, 0.25) is 0 Å². The molecule has 2 atom stereocenters. The Morgan fingerprint density at radius 2 is 1.85 bits per heavy atom. The van der Waals surface area contributed by atoms with Crippen molar-refractivity contribution in [3.8, 4) is 0 Å². The fourth-order valence-electron chi connectivity index (χ4n) is 4.01. The monoisotopic (exact) mass is 554 g/mol. The third kappa shape index (κ3) is 14.2. The highest BCUT2D eigenvalue weighted by molar-refractivity contribution is 6.31. The highest BCUT2D eigenvalue weighted by atomic mass is 35.5. The molecule has 2 heterocycles. The molecule has 0 aliphatic carbocycles. The number of likely N-dealkylation sites (N-methyl/N-ethyl adjacent to an activating group) is 1. The Balaban J connectivity index is 0.00000139. The van der Waals surface area contributed by atoms with Gasteiger partial charge in [-0.25, -0.2) is 0 Å². The molecule has 0 spiro atoms. The summed E-state index contributed by atoms with van der Waals surface area (Å²) in [5.41, 5.74) is 1.89. The van der Waals surface area contributed by atoms with Crippen molar-refractivity contribution in [2.45, 2.75) is 59.7 Å². The minimum Gasteiger partial charge on any atom is -0.365 e. The van der Waals surface area contributed by atoms with Crippen molar-refractivity contribution in [3.05, 3.63) is 109 Å². The van der Waals surface area contributed by atoms with Gasteiger partial charge >= 0.3 is 0 Å². The standard InChI is InChI=1S/C25H38N4O.C6H7Cl.C2H6/c1-6-8-9-10-14-21(3)28(7-2)18-13-17-27(5)20-16-23-22(4)26-24-15-11-12-19-29(24)25(23)30;1-3-5-6(7)4-2;1-2/h6,8-12,14-15,19,21,24,26H,1,7,13,16-18,20H2,2-5H3;3-5H,1-2H2;1-2H3/b9-8-,14-10+;6-5+;. The third-order valence-electron chi connectivity index (χ3n) is 6.19. The fourth-order valence-corrected chi connectivity index (χ4v) is 4.10. The van der Waals surface area contributed by atoms with Crippen molar-refractivity contribution in [1.29, 1.82) is 0 Å². The summed E-state index contributed by atoms with van der Waals surface area (Å²) in [5, 5.41) is 4.05. The molecule has 0 aromatic rings. The van der Waals surface area contributed by atoms with E-state index in [-0.39, 0.29) is 12.1 Å². The molecule has 0 aromatic carbocycles. The molecule has 2 rings (SSSR count). The number of nitrogens with zero attached hydrogens (tertiary/aromatic N) is 3. The molecule has 0 saturated carbocycles. The molecule has 0 saturated heterocycles. The second-order valence-electron chi connectivity index (χ2n) is 8.90. The lowest BCUT2D eigenvalue weighted by atomic mass is 10.0. The Kier molecular flexibility index (Phi) is 20.4. The first-order valence-corrected chi connectivity index (χ1v) is 14.3. The van der Waals surface area contributed by atoms with Crippen molar-refractivity contribution >= 4 is 17.5 Å². The number of amides is 1. The van der Waals surface area contributed by atoms with Crippen LogP contribution in [0.4, 0.5) is 0 Å². The summed E-state index contributed by atoms with van der Waals surface area (Å²) in [6.07, 6.45) is 24.5. The van der Waals surface area contributed by atoms with Crippen molar-refractivity contribution in [2.75, 3.05) is 33.2 Å². The molecule has 6 heteroatoms. The number of hydrogen-bond acceptors (Lipinski definition) is 4. The van der Waals surface area contributed by atoms with E-state index in [9.17, 15) is 4.79 Å². The maximum atomic E-state index is 12.8. The number of allylic oxidation sites excluding steroid dienone is 11. The molecule has 2 aliphatic heterocycles. The summed E-state index contributed by atoms with van der Waals surface area (Å²) in [6, 6.07) is 0.410. The number of carbonyl (C=O) groups excluding carboxylic acids is 1. The average molecular weight is 555 g/mol. The van der Waals surface area contributed by atoms with E-state index < -0.39 is 0 Å². The van der Waals surface area contributed by atoms with Gasteiger partial charge in [-0.1, -0.05) is 101 Å². The molecular formula is C33H51ClN4O. The molecule has 1 amide bonds. The first kappa shape index (κ1) is 36.1. The summed E-state index contributed by atoms with van der Waals surface area (Å²) in [5.74, 6) is 0.119. The number of fused-ring (bicyclic) bond motifs is 1. The van der Waals surface area contributed by atoms with Gasteiger partial charge in [0.1, 0.15) is 6.17 Å². The predicted molar refractivity (Wildman–Crippen MR) is 172 cm³/mol. The second-order valence-corrected chi connectivity index (χ2v) is 9.34. The Morgan fingerprint density at radius 3 is 2.44 bits per heavy atom. The summed E-state index contributed by atoms with van der Waals surface area (Å²) in [6.45, 7) is 25.0. The van der Waals surface area contributed by atoms with Crippen LogP contribution < -0.4 is 5.32 Å². The first-order chi connectivity index (χ1) is 18.8. The number of carbonyl (C=O) groups is 1. The Morgan fingerprint density at radius 1 is 1.13 bits per heavy atom. The van der Waals surface area contributed by atoms with Gasteiger partial charge in [0, 0.05) is 35.1 Å². The summed E-state index contributed by atoms with van der Waals surface area (Å²) >= 11 is 5.44. The van der Waals surface area contributed by atoms with E-state index >= 15 is 0 Å². The van der Waals surface area contributed by atoms with Crippen LogP contribution in [0.1, 0.15) is 47.5 Å². The second kappa shape index (κ2) is 22.0. The van der Waals surface area contributed by atoms with E-state index in [2.05, 4.69) is 67.9 Å². The zero-order valence-electron chi connectivity index (χ0n) is 25.1. The van der Waals surface area contributed by atoms with E-state index in [1.807, 2.05) is 57.4 Å². The van der Waals surface area contributed by atoms with Crippen LogP contribution in [0, 0.1) is 0 Å². The zero-order chi connectivity index (χ0) is 29.6. The maximum absolute atomic E-state index is 12.8. The highest BCUT2D eigenvalue weighted by Gasteiger charge is 2.30.